The average Bonchev–Trinajstić information content (AvgIpc) is 3.39. The largest absolute Gasteiger partial charge is 0.481 e. The lowest BCUT2D eigenvalue weighted by molar-refractivity contribution is -0.178. The summed E-state index contributed by atoms with van der Waals surface area (Å²) in [5.74, 6) is 0.354. The molecule has 5 aliphatic carbocycles. The molecular formula is C30H44O5. The molecule has 3 N–H and O–H groups in total. The Kier molecular flexibility index (Phi) is 5.60. The number of ketones is 1. The molecule has 4 saturated carbocycles. The van der Waals surface area contributed by atoms with Crippen LogP contribution in [0.2, 0.25) is 0 Å². The van der Waals surface area contributed by atoms with Crippen LogP contribution in [-0.4, -0.2) is 39.3 Å². The number of carboxylic acids is 1. The quantitative estimate of drug-likeness (QED) is 0.453. The van der Waals surface area contributed by atoms with Gasteiger partial charge in [0.2, 0.25) is 0 Å². The second kappa shape index (κ2) is 7.77. The monoisotopic (exact) mass is 484 g/mol. The zero-order valence-electron chi connectivity index (χ0n) is 22.1. The van der Waals surface area contributed by atoms with Gasteiger partial charge in [0.25, 0.3) is 0 Å². The number of carboxylic acid groups (broad SMARTS) is 1. The van der Waals surface area contributed by atoms with E-state index < -0.39 is 40.3 Å². The highest BCUT2D eigenvalue weighted by Gasteiger charge is 2.85. The van der Waals surface area contributed by atoms with Gasteiger partial charge >= 0.3 is 5.97 Å². The van der Waals surface area contributed by atoms with Crippen LogP contribution in [0.25, 0.3) is 0 Å². The van der Waals surface area contributed by atoms with Crippen molar-refractivity contribution in [1.29, 1.82) is 0 Å². The predicted molar refractivity (Wildman–Crippen MR) is 134 cm³/mol. The molecule has 0 aliphatic heterocycles. The first kappa shape index (κ1) is 25.2. The second-order valence-corrected chi connectivity index (χ2v) is 13.6. The molecular weight excluding hydrogens is 440 g/mol. The minimum atomic E-state index is -1.37. The van der Waals surface area contributed by atoms with Crippen LogP contribution in [0.3, 0.4) is 0 Å². The Morgan fingerprint density at radius 2 is 1.83 bits per heavy atom. The standard InChI is InChI=1S/C30H44O5/c1-16(2)17(3)7-8-18(4)19-9-10-20-21-11-12-22-28(6,26(34)35)23(31)13-24(32)30(22)15-29(21,30)25(33)14-27(19,20)5/h11,16,18-20,22-23,25,31,33H,3,7-10,12-15H2,1-2,4-6H3,(H,34,35)/t18?,19?,20-,22-,23-,25+,27+,28-,29?,30?/m0/s1. The third-order valence-electron chi connectivity index (χ3n) is 12.1. The van der Waals surface area contributed by atoms with Gasteiger partial charge in [-0.3, -0.25) is 9.59 Å². The van der Waals surface area contributed by atoms with E-state index in [9.17, 15) is 24.9 Å². The number of aliphatic hydroxyl groups excluding tert-OH is 2. The molecule has 35 heavy (non-hydrogen) atoms. The molecule has 0 aromatic rings. The minimum absolute atomic E-state index is 0.0149. The van der Waals surface area contributed by atoms with Crippen molar-refractivity contribution in [3.63, 3.8) is 0 Å². The van der Waals surface area contributed by atoms with Crippen LogP contribution < -0.4 is 0 Å². The minimum Gasteiger partial charge on any atom is -0.481 e. The summed E-state index contributed by atoms with van der Waals surface area (Å²) >= 11 is 0. The fourth-order valence-corrected chi connectivity index (χ4v) is 9.77. The van der Waals surface area contributed by atoms with Crippen LogP contribution in [0.4, 0.5) is 0 Å². The number of hydrogen-bond acceptors (Lipinski definition) is 4. The summed E-state index contributed by atoms with van der Waals surface area (Å²) in [4.78, 5) is 25.9. The number of allylic oxidation sites excluding steroid dienone is 2. The van der Waals surface area contributed by atoms with E-state index in [0.29, 0.717) is 42.9 Å². The number of aliphatic carboxylic acids is 1. The topological polar surface area (TPSA) is 94.8 Å². The maximum absolute atomic E-state index is 13.6. The van der Waals surface area contributed by atoms with Crippen molar-refractivity contribution in [3.05, 3.63) is 23.8 Å². The maximum atomic E-state index is 13.6. The molecule has 0 saturated heterocycles. The Hall–Kier alpha value is -1.46. The average molecular weight is 485 g/mol. The van der Waals surface area contributed by atoms with E-state index in [0.717, 1.165) is 25.7 Å². The molecule has 0 radical (unpaired) electrons. The van der Waals surface area contributed by atoms with E-state index in [1.165, 1.54) is 11.1 Å². The van der Waals surface area contributed by atoms with Crippen LogP contribution in [0.1, 0.15) is 86.0 Å². The Bertz CT molecular complexity index is 997. The Morgan fingerprint density at radius 1 is 1.14 bits per heavy atom. The van der Waals surface area contributed by atoms with E-state index >= 15 is 0 Å². The van der Waals surface area contributed by atoms with Gasteiger partial charge in [0.1, 0.15) is 5.78 Å². The summed E-state index contributed by atoms with van der Waals surface area (Å²) in [5, 5.41) is 32.7. The van der Waals surface area contributed by atoms with Crippen molar-refractivity contribution >= 4 is 11.8 Å². The predicted octanol–water partition coefficient (Wildman–Crippen LogP) is 5.16. The molecule has 4 unspecified atom stereocenters. The van der Waals surface area contributed by atoms with Crippen LogP contribution in [0.15, 0.2) is 23.8 Å². The van der Waals surface area contributed by atoms with Gasteiger partial charge in [-0.05, 0) is 86.9 Å². The van der Waals surface area contributed by atoms with Crippen LogP contribution in [-0.2, 0) is 9.59 Å². The molecule has 5 aliphatic rings. The summed E-state index contributed by atoms with van der Waals surface area (Å²) in [5.41, 5.74) is -0.292. The highest BCUT2D eigenvalue weighted by Crippen LogP contribution is 2.84. The van der Waals surface area contributed by atoms with Crippen LogP contribution in [0, 0.1) is 51.2 Å². The molecule has 0 aromatic heterocycles. The Labute approximate surface area is 210 Å². The van der Waals surface area contributed by atoms with Crippen molar-refractivity contribution in [2.45, 2.75) is 98.2 Å². The molecule has 0 amide bonds. The SMILES string of the molecule is C=C(CCC(C)C1CC[C@H]2C3=CC[C@@H]4C5(CC35[C@H](O)C[C@]12C)C(=O)C[C@H](O)[C@@]4(C)C(=O)O)C(C)C. The van der Waals surface area contributed by atoms with Gasteiger partial charge in [-0.25, -0.2) is 0 Å². The summed E-state index contributed by atoms with van der Waals surface area (Å²) in [7, 11) is 0. The molecule has 0 aromatic carbocycles. The summed E-state index contributed by atoms with van der Waals surface area (Å²) in [6.45, 7) is 15.0. The summed E-state index contributed by atoms with van der Waals surface area (Å²) in [6.07, 6.45) is 6.32. The number of carbonyl (C=O) groups is 2. The lowest BCUT2D eigenvalue weighted by Crippen LogP contribution is -2.61. The number of carbonyl (C=O) groups excluding carboxylic acids is 1. The molecule has 5 rings (SSSR count). The molecule has 0 heterocycles. The van der Waals surface area contributed by atoms with E-state index in [-0.39, 0.29) is 17.6 Å². The van der Waals surface area contributed by atoms with Gasteiger partial charge in [0.15, 0.2) is 0 Å². The van der Waals surface area contributed by atoms with E-state index in [4.69, 9.17) is 0 Å². The van der Waals surface area contributed by atoms with Gasteiger partial charge in [-0.2, -0.15) is 0 Å². The molecule has 2 spiro atoms. The van der Waals surface area contributed by atoms with Gasteiger partial charge in [-0.15, -0.1) is 0 Å². The van der Waals surface area contributed by atoms with Crippen molar-refractivity contribution < 1.29 is 24.9 Å². The lowest BCUT2D eigenvalue weighted by Gasteiger charge is -2.56. The molecule has 5 heteroatoms. The highest BCUT2D eigenvalue weighted by molar-refractivity contribution is 5.95. The maximum Gasteiger partial charge on any atom is 0.312 e. The smallest absolute Gasteiger partial charge is 0.312 e. The summed E-state index contributed by atoms with van der Waals surface area (Å²) < 4.78 is 0. The molecule has 10 atom stereocenters. The first-order valence-electron chi connectivity index (χ1n) is 13.8. The highest BCUT2D eigenvalue weighted by atomic mass is 16.4. The third-order valence-corrected chi connectivity index (χ3v) is 12.1. The molecule has 194 valence electrons. The van der Waals surface area contributed by atoms with Crippen molar-refractivity contribution in [2.24, 2.45) is 51.2 Å². The summed E-state index contributed by atoms with van der Waals surface area (Å²) in [6, 6.07) is 0. The third kappa shape index (κ3) is 2.94. The van der Waals surface area contributed by atoms with Crippen molar-refractivity contribution in [2.75, 3.05) is 0 Å². The van der Waals surface area contributed by atoms with Crippen molar-refractivity contribution in [3.8, 4) is 0 Å². The number of rotatable bonds is 6. The zero-order valence-corrected chi connectivity index (χ0v) is 22.1. The molecule has 4 fully saturated rings. The fourth-order valence-electron chi connectivity index (χ4n) is 9.77. The number of fused-ring (bicyclic) bond motifs is 2. The zero-order chi connectivity index (χ0) is 25.7. The van der Waals surface area contributed by atoms with E-state index in [1.54, 1.807) is 6.92 Å². The van der Waals surface area contributed by atoms with Crippen LogP contribution >= 0.6 is 0 Å². The first-order valence-corrected chi connectivity index (χ1v) is 13.8. The number of Topliss-reactive ketones (excluding diaryl/α,β-unsaturated/α-hetero) is 1. The molecule has 0 bridgehead atoms. The fraction of sp³-hybridized carbons (Fsp3) is 0.800. The Morgan fingerprint density at radius 3 is 2.46 bits per heavy atom. The number of hydrogen-bond donors (Lipinski definition) is 3. The van der Waals surface area contributed by atoms with Gasteiger partial charge in [0.05, 0.1) is 17.6 Å². The van der Waals surface area contributed by atoms with E-state index in [1.807, 2.05) is 0 Å². The van der Waals surface area contributed by atoms with Crippen LogP contribution in [0.5, 0.6) is 0 Å². The van der Waals surface area contributed by atoms with E-state index in [2.05, 4.69) is 40.3 Å². The second-order valence-electron chi connectivity index (χ2n) is 13.6. The lowest BCUT2D eigenvalue weighted by atomic mass is 9.48. The van der Waals surface area contributed by atoms with Gasteiger partial charge < -0.3 is 15.3 Å². The normalized spacial score (nSPS) is 48.9. The Balaban J connectivity index is 1.48. The number of aliphatic hydroxyl groups is 2. The van der Waals surface area contributed by atoms with Gasteiger partial charge in [0, 0.05) is 17.3 Å². The molecule has 5 nitrogen and oxygen atoms in total. The van der Waals surface area contributed by atoms with Crippen molar-refractivity contribution in [1.82, 2.24) is 0 Å². The first-order chi connectivity index (χ1) is 16.3. The van der Waals surface area contributed by atoms with Gasteiger partial charge in [-0.1, -0.05) is 51.5 Å².